The Morgan fingerprint density at radius 2 is 2.00 bits per heavy atom. The molecule has 0 spiro atoms. The Morgan fingerprint density at radius 1 is 1.29 bits per heavy atom. The Kier molecular flexibility index (Phi) is 1.77. The van der Waals surface area contributed by atoms with Gasteiger partial charge in [0.25, 0.3) is 0 Å². The van der Waals surface area contributed by atoms with Crippen LogP contribution in [0.25, 0.3) is 11.0 Å². The maximum absolute atomic E-state index is 9.29. The van der Waals surface area contributed by atoms with Crippen molar-refractivity contribution >= 4 is 11.0 Å². The van der Waals surface area contributed by atoms with Crippen LogP contribution in [0.5, 0.6) is 5.75 Å². The van der Waals surface area contributed by atoms with Gasteiger partial charge in [-0.3, -0.25) is 0 Å². The Hall–Kier alpha value is -1.51. The summed E-state index contributed by atoms with van der Waals surface area (Å²) in [6.45, 7) is 6.31. The molecule has 0 amide bonds. The minimum atomic E-state index is 0.00857. The number of imidazole rings is 1. The molecule has 0 atom stereocenters. The van der Waals surface area contributed by atoms with Crippen LogP contribution < -0.4 is 0 Å². The fraction of sp³-hybridized carbons (Fsp3) is 0.364. The molecule has 2 aromatic rings. The largest absolute Gasteiger partial charge is 0.508 e. The van der Waals surface area contributed by atoms with Gasteiger partial charge in [0.05, 0.1) is 11.0 Å². The van der Waals surface area contributed by atoms with Crippen molar-refractivity contribution in [3.8, 4) is 5.75 Å². The number of phenols is 1. The van der Waals surface area contributed by atoms with Gasteiger partial charge in [-0.05, 0) is 12.1 Å². The van der Waals surface area contributed by atoms with Crippen molar-refractivity contribution in [1.82, 2.24) is 9.97 Å². The van der Waals surface area contributed by atoms with Crippen LogP contribution in [-0.4, -0.2) is 15.1 Å². The van der Waals surface area contributed by atoms with E-state index in [4.69, 9.17) is 0 Å². The van der Waals surface area contributed by atoms with Gasteiger partial charge in [-0.1, -0.05) is 20.8 Å². The summed E-state index contributed by atoms with van der Waals surface area (Å²) in [4.78, 5) is 7.66. The number of aromatic hydroxyl groups is 1. The molecule has 2 rings (SSSR count). The molecule has 1 aromatic heterocycles. The summed E-state index contributed by atoms with van der Waals surface area (Å²) in [6, 6.07) is 5.16. The van der Waals surface area contributed by atoms with Crippen LogP contribution in [0.1, 0.15) is 26.6 Å². The molecule has 0 aliphatic rings. The van der Waals surface area contributed by atoms with Gasteiger partial charge in [-0.15, -0.1) is 0 Å². The number of rotatable bonds is 0. The van der Waals surface area contributed by atoms with Crippen molar-refractivity contribution in [2.45, 2.75) is 26.2 Å². The summed E-state index contributed by atoms with van der Waals surface area (Å²) >= 11 is 0. The first-order chi connectivity index (χ1) is 6.47. The van der Waals surface area contributed by atoms with Gasteiger partial charge in [-0.2, -0.15) is 0 Å². The molecule has 74 valence electrons. The summed E-state index contributed by atoms with van der Waals surface area (Å²) in [7, 11) is 0. The average molecular weight is 190 g/mol. The topological polar surface area (TPSA) is 48.9 Å². The van der Waals surface area contributed by atoms with Crippen molar-refractivity contribution in [2.75, 3.05) is 0 Å². The third kappa shape index (κ3) is 1.45. The lowest BCUT2D eigenvalue weighted by Crippen LogP contribution is -2.12. The highest BCUT2D eigenvalue weighted by molar-refractivity contribution is 5.76. The van der Waals surface area contributed by atoms with E-state index in [1.165, 1.54) is 0 Å². The van der Waals surface area contributed by atoms with Crippen molar-refractivity contribution in [2.24, 2.45) is 0 Å². The van der Waals surface area contributed by atoms with Crippen LogP contribution in [0, 0.1) is 0 Å². The fourth-order valence-corrected chi connectivity index (χ4v) is 1.35. The standard InChI is InChI=1S/C11H14N2O/c1-11(2,3)10-12-8-5-4-7(14)6-9(8)13-10/h4-6,14H,1-3H3,(H,12,13). The number of benzene rings is 1. The lowest BCUT2D eigenvalue weighted by atomic mass is 9.96. The van der Waals surface area contributed by atoms with Gasteiger partial charge in [0.2, 0.25) is 0 Å². The monoisotopic (exact) mass is 190 g/mol. The predicted molar refractivity (Wildman–Crippen MR) is 56.5 cm³/mol. The number of aromatic amines is 1. The van der Waals surface area contributed by atoms with E-state index in [-0.39, 0.29) is 11.2 Å². The number of phenolic OH excluding ortho intramolecular Hbond substituents is 1. The zero-order valence-electron chi connectivity index (χ0n) is 8.63. The second-order valence-electron chi connectivity index (χ2n) is 4.54. The van der Waals surface area contributed by atoms with Crippen LogP contribution in [0.15, 0.2) is 18.2 Å². The van der Waals surface area contributed by atoms with Crippen LogP contribution in [0.2, 0.25) is 0 Å². The fourth-order valence-electron chi connectivity index (χ4n) is 1.35. The Balaban J connectivity index is 2.63. The molecule has 0 bridgehead atoms. The first kappa shape index (κ1) is 9.06. The highest BCUT2D eigenvalue weighted by atomic mass is 16.3. The summed E-state index contributed by atoms with van der Waals surface area (Å²) in [5, 5.41) is 9.29. The molecule has 0 radical (unpaired) electrons. The lowest BCUT2D eigenvalue weighted by Gasteiger charge is -2.13. The molecule has 3 nitrogen and oxygen atoms in total. The minimum Gasteiger partial charge on any atom is -0.508 e. The third-order valence-electron chi connectivity index (χ3n) is 2.18. The highest BCUT2D eigenvalue weighted by Gasteiger charge is 2.17. The van der Waals surface area contributed by atoms with Gasteiger partial charge in [-0.25, -0.2) is 4.98 Å². The number of H-pyrrole nitrogens is 1. The molecule has 14 heavy (non-hydrogen) atoms. The normalized spacial score (nSPS) is 12.2. The first-order valence-corrected chi connectivity index (χ1v) is 4.66. The van der Waals surface area contributed by atoms with Gasteiger partial charge >= 0.3 is 0 Å². The molecule has 3 heteroatoms. The smallest absolute Gasteiger partial charge is 0.117 e. The molecule has 2 N–H and O–H groups in total. The molecular weight excluding hydrogens is 176 g/mol. The zero-order valence-corrected chi connectivity index (χ0v) is 8.63. The number of hydrogen-bond acceptors (Lipinski definition) is 2. The molecule has 0 fully saturated rings. The Bertz CT molecular complexity index is 466. The molecular formula is C11H14N2O. The second-order valence-corrected chi connectivity index (χ2v) is 4.54. The maximum Gasteiger partial charge on any atom is 0.117 e. The molecule has 0 aliphatic carbocycles. The summed E-state index contributed by atoms with van der Waals surface area (Å²) in [5.41, 5.74) is 1.79. The van der Waals surface area contributed by atoms with Crippen molar-refractivity contribution in [1.29, 1.82) is 0 Å². The number of nitrogens with zero attached hydrogens (tertiary/aromatic N) is 1. The van der Waals surface area contributed by atoms with Gasteiger partial charge in [0.15, 0.2) is 0 Å². The van der Waals surface area contributed by atoms with E-state index in [1.54, 1.807) is 12.1 Å². The Morgan fingerprint density at radius 3 is 2.64 bits per heavy atom. The van der Waals surface area contributed by atoms with E-state index in [2.05, 4.69) is 30.7 Å². The van der Waals surface area contributed by atoms with Gasteiger partial charge in [0.1, 0.15) is 11.6 Å². The number of hydrogen-bond donors (Lipinski definition) is 2. The maximum atomic E-state index is 9.29. The SMILES string of the molecule is CC(C)(C)c1nc2ccc(O)cc2[nH]1. The second kappa shape index (κ2) is 2.74. The lowest BCUT2D eigenvalue weighted by molar-refractivity contribution is 0.476. The summed E-state index contributed by atoms with van der Waals surface area (Å²) < 4.78 is 0. The average Bonchev–Trinajstić information content (AvgIpc) is 2.45. The van der Waals surface area contributed by atoms with Crippen molar-refractivity contribution < 1.29 is 5.11 Å². The van der Waals surface area contributed by atoms with Crippen LogP contribution in [-0.2, 0) is 5.41 Å². The van der Waals surface area contributed by atoms with Crippen molar-refractivity contribution in [3.05, 3.63) is 24.0 Å². The summed E-state index contributed by atoms with van der Waals surface area (Å²) in [6.07, 6.45) is 0. The molecule has 0 unspecified atom stereocenters. The number of aromatic nitrogens is 2. The number of fused-ring (bicyclic) bond motifs is 1. The van der Waals surface area contributed by atoms with E-state index in [9.17, 15) is 5.11 Å². The van der Waals surface area contributed by atoms with E-state index >= 15 is 0 Å². The highest BCUT2D eigenvalue weighted by Crippen LogP contribution is 2.24. The molecule has 1 heterocycles. The minimum absolute atomic E-state index is 0.00857. The van der Waals surface area contributed by atoms with Crippen LogP contribution in [0.4, 0.5) is 0 Å². The number of nitrogens with one attached hydrogen (secondary N) is 1. The molecule has 1 aromatic carbocycles. The van der Waals surface area contributed by atoms with Gasteiger partial charge in [0, 0.05) is 11.5 Å². The molecule has 0 saturated heterocycles. The summed E-state index contributed by atoms with van der Waals surface area (Å²) in [5.74, 6) is 1.21. The van der Waals surface area contributed by atoms with Crippen LogP contribution >= 0.6 is 0 Å². The van der Waals surface area contributed by atoms with Gasteiger partial charge < -0.3 is 10.1 Å². The van der Waals surface area contributed by atoms with E-state index in [0.717, 1.165) is 16.9 Å². The molecule has 0 saturated carbocycles. The Labute approximate surface area is 82.8 Å². The third-order valence-corrected chi connectivity index (χ3v) is 2.18. The zero-order chi connectivity index (χ0) is 10.3. The van der Waals surface area contributed by atoms with Crippen LogP contribution in [0.3, 0.4) is 0 Å². The molecule has 0 aliphatic heterocycles. The first-order valence-electron chi connectivity index (χ1n) is 4.66. The van der Waals surface area contributed by atoms with E-state index in [1.807, 2.05) is 6.07 Å². The predicted octanol–water partition coefficient (Wildman–Crippen LogP) is 2.57. The van der Waals surface area contributed by atoms with Crippen molar-refractivity contribution in [3.63, 3.8) is 0 Å². The quantitative estimate of drug-likeness (QED) is 0.670. The van der Waals surface area contributed by atoms with E-state index in [0.29, 0.717) is 0 Å². The van der Waals surface area contributed by atoms with E-state index < -0.39 is 0 Å².